The van der Waals surface area contributed by atoms with Crippen molar-refractivity contribution >= 4 is 11.9 Å². The predicted octanol–water partition coefficient (Wildman–Crippen LogP) is 0.696. The van der Waals surface area contributed by atoms with Gasteiger partial charge in [-0.2, -0.15) is 0 Å². The molecule has 0 aromatic rings. The van der Waals surface area contributed by atoms with E-state index in [4.69, 9.17) is 5.11 Å². The van der Waals surface area contributed by atoms with Crippen LogP contribution in [0.1, 0.15) is 33.6 Å². The molecule has 16 heavy (non-hydrogen) atoms. The number of rotatable bonds is 7. The molecule has 0 saturated heterocycles. The highest BCUT2D eigenvalue weighted by Gasteiger charge is 2.30. The average Bonchev–Trinajstić information content (AvgIpc) is 2.16. The Morgan fingerprint density at radius 3 is 2.25 bits per heavy atom. The Kier molecular flexibility index (Phi) is 6.72. The van der Waals surface area contributed by atoms with Crippen LogP contribution >= 0.6 is 0 Å². The second kappa shape index (κ2) is 7.22. The summed E-state index contributed by atoms with van der Waals surface area (Å²) in [6.45, 7) is 5.75. The van der Waals surface area contributed by atoms with Gasteiger partial charge < -0.3 is 15.3 Å². The van der Waals surface area contributed by atoms with E-state index in [2.05, 4.69) is 5.32 Å². The molecule has 2 N–H and O–H groups in total. The van der Waals surface area contributed by atoms with Crippen molar-refractivity contribution in [1.82, 2.24) is 10.2 Å². The van der Waals surface area contributed by atoms with Crippen LogP contribution in [0.4, 0.5) is 0 Å². The van der Waals surface area contributed by atoms with Gasteiger partial charge in [0.15, 0.2) is 0 Å². The molecule has 0 bridgehead atoms. The third-order valence-electron chi connectivity index (χ3n) is 2.36. The summed E-state index contributed by atoms with van der Waals surface area (Å²) in [5, 5.41) is 11.9. The molecule has 0 radical (unpaired) electrons. The van der Waals surface area contributed by atoms with Crippen molar-refractivity contribution in [2.45, 2.75) is 45.7 Å². The molecule has 0 fully saturated rings. The number of carbonyl (C=O) groups is 2. The standard InChI is InChI=1S/C11H22N2O3/c1-5-6-9(11(15)16)13(8(2)3)10(14)7-12-4/h8-9,12H,5-7H2,1-4H3,(H,15,16). The van der Waals surface area contributed by atoms with Crippen LogP contribution in [0.15, 0.2) is 0 Å². The van der Waals surface area contributed by atoms with Gasteiger partial charge in [0.25, 0.3) is 0 Å². The molecule has 5 heteroatoms. The largest absolute Gasteiger partial charge is 0.480 e. The number of aliphatic carboxylic acids is 1. The van der Waals surface area contributed by atoms with E-state index in [1.54, 1.807) is 7.05 Å². The van der Waals surface area contributed by atoms with E-state index in [0.717, 1.165) is 6.42 Å². The van der Waals surface area contributed by atoms with Crippen LogP contribution in [0, 0.1) is 0 Å². The minimum Gasteiger partial charge on any atom is -0.480 e. The van der Waals surface area contributed by atoms with E-state index in [9.17, 15) is 9.59 Å². The van der Waals surface area contributed by atoms with Gasteiger partial charge in [-0.05, 0) is 27.3 Å². The van der Waals surface area contributed by atoms with Crippen molar-refractivity contribution in [2.24, 2.45) is 0 Å². The number of carboxylic acid groups (broad SMARTS) is 1. The fraction of sp³-hybridized carbons (Fsp3) is 0.818. The maximum Gasteiger partial charge on any atom is 0.326 e. The third kappa shape index (κ3) is 4.18. The lowest BCUT2D eigenvalue weighted by molar-refractivity contribution is -0.151. The fourth-order valence-electron chi connectivity index (χ4n) is 1.72. The SMILES string of the molecule is CCCC(C(=O)O)N(C(=O)CNC)C(C)C. The lowest BCUT2D eigenvalue weighted by atomic mass is 10.1. The molecule has 0 rings (SSSR count). The predicted molar refractivity (Wildman–Crippen MR) is 62.2 cm³/mol. The molecule has 0 aliphatic rings. The zero-order chi connectivity index (χ0) is 12.7. The number of nitrogens with zero attached hydrogens (tertiary/aromatic N) is 1. The third-order valence-corrected chi connectivity index (χ3v) is 2.36. The maximum absolute atomic E-state index is 11.8. The van der Waals surface area contributed by atoms with Crippen molar-refractivity contribution in [3.8, 4) is 0 Å². The number of carboxylic acids is 1. The van der Waals surface area contributed by atoms with Crippen molar-refractivity contribution in [1.29, 1.82) is 0 Å². The highest BCUT2D eigenvalue weighted by atomic mass is 16.4. The monoisotopic (exact) mass is 230 g/mol. The number of amides is 1. The summed E-state index contributed by atoms with van der Waals surface area (Å²) < 4.78 is 0. The Morgan fingerprint density at radius 1 is 1.38 bits per heavy atom. The molecule has 0 aromatic heterocycles. The number of hydrogen-bond donors (Lipinski definition) is 2. The van der Waals surface area contributed by atoms with Crippen LogP contribution in [-0.2, 0) is 9.59 Å². The summed E-state index contributed by atoms with van der Waals surface area (Å²) in [4.78, 5) is 24.4. The van der Waals surface area contributed by atoms with E-state index in [1.807, 2.05) is 20.8 Å². The van der Waals surface area contributed by atoms with Gasteiger partial charge in [0.2, 0.25) is 5.91 Å². The van der Waals surface area contributed by atoms with E-state index in [1.165, 1.54) is 4.90 Å². The summed E-state index contributed by atoms with van der Waals surface area (Å²) in [5.74, 6) is -1.10. The smallest absolute Gasteiger partial charge is 0.326 e. The lowest BCUT2D eigenvalue weighted by Gasteiger charge is -2.32. The van der Waals surface area contributed by atoms with Crippen LogP contribution < -0.4 is 5.32 Å². The second-order valence-corrected chi connectivity index (χ2v) is 4.07. The van der Waals surface area contributed by atoms with E-state index in [0.29, 0.717) is 6.42 Å². The molecule has 0 heterocycles. The average molecular weight is 230 g/mol. The van der Waals surface area contributed by atoms with Crippen LogP contribution in [0.2, 0.25) is 0 Å². The molecular weight excluding hydrogens is 208 g/mol. The number of likely N-dealkylation sites (N-methyl/N-ethyl adjacent to an activating group) is 1. The minimum absolute atomic E-state index is 0.103. The number of carbonyl (C=O) groups excluding carboxylic acids is 1. The summed E-state index contributed by atoms with van der Waals surface area (Å²) in [6, 6.07) is -0.820. The molecule has 94 valence electrons. The van der Waals surface area contributed by atoms with Gasteiger partial charge in [0.05, 0.1) is 6.54 Å². The molecule has 5 nitrogen and oxygen atoms in total. The Morgan fingerprint density at radius 2 is 1.94 bits per heavy atom. The van der Waals surface area contributed by atoms with Gasteiger partial charge >= 0.3 is 5.97 Å². The van der Waals surface area contributed by atoms with Gasteiger partial charge in [-0.3, -0.25) is 4.79 Å². The van der Waals surface area contributed by atoms with Crippen molar-refractivity contribution in [2.75, 3.05) is 13.6 Å². The molecule has 0 saturated carbocycles. The van der Waals surface area contributed by atoms with Gasteiger partial charge in [-0.25, -0.2) is 4.79 Å². The van der Waals surface area contributed by atoms with Crippen LogP contribution in [0.5, 0.6) is 0 Å². The first-order valence-corrected chi connectivity index (χ1v) is 5.64. The van der Waals surface area contributed by atoms with Gasteiger partial charge in [-0.15, -0.1) is 0 Å². The quantitative estimate of drug-likeness (QED) is 0.675. The molecule has 1 unspecified atom stereocenters. The van der Waals surface area contributed by atoms with E-state index >= 15 is 0 Å². The van der Waals surface area contributed by atoms with Gasteiger partial charge in [0.1, 0.15) is 6.04 Å². The Hall–Kier alpha value is -1.10. The maximum atomic E-state index is 11.8. The van der Waals surface area contributed by atoms with Crippen molar-refractivity contribution < 1.29 is 14.7 Å². The van der Waals surface area contributed by atoms with Gasteiger partial charge in [-0.1, -0.05) is 13.3 Å². The van der Waals surface area contributed by atoms with Gasteiger partial charge in [0, 0.05) is 6.04 Å². The fourth-order valence-corrected chi connectivity index (χ4v) is 1.72. The first-order valence-electron chi connectivity index (χ1n) is 5.64. The normalized spacial score (nSPS) is 12.6. The first kappa shape index (κ1) is 14.9. The number of nitrogens with one attached hydrogen (secondary N) is 1. The second-order valence-electron chi connectivity index (χ2n) is 4.07. The molecule has 0 aliphatic heterocycles. The first-order chi connectivity index (χ1) is 7.45. The van der Waals surface area contributed by atoms with Crippen LogP contribution in [0.25, 0.3) is 0 Å². The summed E-state index contributed by atoms with van der Waals surface area (Å²) >= 11 is 0. The van der Waals surface area contributed by atoms with E-state index < -0.39 is 12.0 Å². The van der Waals surface area contributed by atoms with Crippen molar-refractivity contribution in [3.63, 3.8) is 0 Å². The highest BCUT2D eigenvalue weighted by molar-refractivity contribution is 5.85. The lowest BCUT2D eigenvalue weighted by Crippen LogP contribution is -2.51. The molecule has 0 aliphatic carbocycles. The van der Waals surface area contributed by atoms with Crippen LogP contribution in [0.3, 0.4) is 0 Å². The zero-order valence-corrected chi connectivity index (χ0v) is 10.5. The Bertz CT molecular complexity index is 241. The molecule has 1 atom stereocenters. The minimum atomic E-state index is -0.931. The molecule has 1 amide bonds. The summed E-state index contributed by atoms with van der Waals surface area (Å²) in [5.41, 5.74) is 0. The molecular formula is C11H22N2O3. The highest BCUT2D eigenvalue weighted by Crippen LogP contribution is 2.12. The van der Waals surface area contributed by atoms with E-state index in [-0.39, 0.29) is 18.5 Å². The zero-order valence-electron chi connectivity index (χ0n) is 10.5. The topological polar surface area (TPSA) is 69.6 Å². The summed E-state index contributed by atoms with van der Waals surface area (Å²) in [7, 11) is 1.67. The molecule has 0 spiro atoms. The Labute approximate surface area is 96.8 Å². The summed E-state index contributed by atoms with van der Waals surface area (Å²) in [6.07, 6.45) is 1.23. The number of hydrogen-bond acceptors (Lipinski definition) is 3. The van der Waals surface area contributed by atoms with Crippen LogP contribution in [-0.4, -0.2) is 47.6 Å². The van der Waals surface area contributed by atoms with Crippen molar-refractivity contribution in [3.05, 3.63) is 0 Å². The molecule has 0 aromatic carbocycles. The Balaban J connectivity index is 4.84.